The van der Waals surface area contributed by atoms with Crippen LogP contribution in [0.15, 0.2) is 59.5 Å². The van der Waals surface area contributed by atoms with Crippen molar-refractivity contribution in [1.82, 2.24) is 10.3 Å². The molecule has 1 fully saturated rings. The predicted molar refractivity (Wildman–Crippen MR) is 105 cm³/mol. The van der Waals surface area contributed by atoms with Gasteiger partial charge in [-0.15, -0.1) is 0 Å². The maximum atomic E-state index is 13.2. The lowest BCUT2D eigenvalue weighted by molar-refractivity contribution is 0.139. The lowest BCUT2D eigenvalue weighted by atomic mass is 9.95. The van der Waals surface area contributed by atoms with Crippen LogP contribution < -0.4 is 5.32 Å². The van der Waals surface area contributed by atoms with Crippen LogP contribution in [0.3, 0.4) is 0 Å². The van der Waals surface area contributed by atoms with E-state index in [2.05, 4.69) is 10.3 Å². The Morgan fingerprint density at radius 3 is 2.45 bits per heavy atom. The molecule has 156 valence electrons. The average molecular weight is 430 g/mol. The lowest BCUT2D eigenvalue weighted by Gasteiger charge is -2.40. The van der Waals surface area contributed by atoms with E-state index in [9.17, 15) is 24.5 Å². The van der Waals surface area contributed by atoms with Gasteiger partial charge in [0.2, 0.25) is 0 Å². The SMILES string of the molecule is O[C@H](c1cc(-c2cccc(S(F)(F)(F)(F)F)c2)nc2ccccc12)[C@@H]1CCCN1. The van der Waals surface area contributed by atoms with Gasteiger partial charge in [0.05, 0.1) is 17.3 Å². The molecule has 3 nitrogen and oxygen atoms in total. The monoisotopic (exact) mass is 430 g/mol. The molecule has 9 heteroatoms. The summed E-state index contributed by atoms with van der Waals surface area (Å²) < 4.78 is 66.2. The molecule has 0 spiro atoms. The van der Waals surface area contributed by atoms with Crippen molar-refractivity contribution in [3.05, 3.63) is 60.2 Å². The molecular formula is C20H19F5N2OS. The van der Waals surface area contributed by atoms with Crippen molar-refractivity contribution in [1.29, 1.82) is 0 Å². The smallest absolute Gasteiger partial charge is 0.310 e. The average Bonchev–Trinajstić information content (AvgIpc) is 3.20. The number of nitrogens with one attached hydrogen (secondary N) is 1. The molecule has 1 aliphatic rings. The Morgan fingerprint density at radius 1 is 1.00 bits per heavy atom. The third-order valence-corrected chi connectivity index (χ3v) is 6.27. The molecule has 29 heavy (non-hydrogen) atoms. The topological polar surface area (TPSA) is 45.2 Å². The molecule has 2 aromatic carbocycles. The Balaban J connectivity index is 1.88. The van der Waals surface area contributed by atoms with Gasteiger partial charge in [-0.25, -0.2) is 4.98 Å². The zero-order valence-corrected chi connectivity index (χ0v) is 16.0. The molecule has 0 bridgehead atoms. The summed E-state index contributed by atoms with van der Waals surface area (Å²) in [6.07, 6.45) is 0.763. The minimum absolute atomic E-state index is 0.0886. The first-order valence-corrected chi connectivity index (χ1v) is 11.0. The number of halogens is 5. The zero-order valence-electron chi connectivity index (χ0n) is 15.2. The van der Waals surface area contributed by atoms with Crippen LogP contribution >= 0.6 is 10.2 Å². The number of nitrogens with zero attached hydrogens (tertiary/aromatic N) is 1. The molecule has 4 rings (SSSR count). The van der Waals surface area contributed by atoms with Gasteiger partial charge < -0.3 is 10.4 Å². The van der Waals surface area contributed by atoms with Gasteiger partial charge in [0.25, 0.3) is 0 Å². The summed E-state index contributed by atoms with van der Waals surface area (Å²) in [5.74, 6) is 0. The first-order valence-electron chi connectivity index (χ1n) is 9.08. The van der Waals surface area contributed by atoms with Gasteiger partial charge in [-0.1, -0.05) is 49.8 Å². The summed E-state index contributed by atoms with van der Waals surface area (Å²) in [6, 6.07) is 11.2. The number of rotatable bonds is 4. The fourth-order valence-corrected chi connectivity index (χ4v) is 4.37. The molecule has 1 aromatic heterocycles. The molecule has 2 N–H and O–H groups in total. The Morgan fingerprint density at radius 2 is 1.76 bits per heavy atom. The van der Waals surface area contributed by atoms with Crippen LogP contribution in [0.5, 0.6) is 0 Å². The molecule has 0 unspecified atom stereocenters. The lowest BCUT2D eigenvalue weighted by Crippen LogP contribution is -2.28. The van der Waals surface area contributed by atoms with Gasteiger partial charge in [0, 0.05) is 17.0 Å². The fourth-order valence-electron chi connectivity index (χ4n) is 3.69. The van der Waals surface area contributed by atoms with Gasteiger partial charge in [-0.05, 0) is 49.2 Å². The van der Waals surface area contributed by atoms with Crippen LogP contribution in [0.2, 0.25) is 0 Å². The molecule has 0 aliphatic carbocycles. The predicted octanol–water partition coefficient (Wildman–Crippen LogP) is 6.34. The van der Waals surface area contributed by atoms with Crippen molar-refractivity contribution >= 4 is 21.1 Å². The van der Waals surface area contributed by atoms with E-state index in [1.165, 1.54) is 12.1 Å². The number of fused-ring (bicyclic) bond motifs is 1. The third-order valence-electron chi connectivity index (χ3n) is 5.12. The Hall–Kier alpha value is -2.23. The second kappa shape index (κ2) is 6.13. The quantitative estimate of drug-likeness (QED) is 0.475. The minimum atomic E-state index is -9.81. The van der Waals surface area contributed by atoms with Crippen LogP contribution in [0, 0.1) is 0 Å². The molecule has 0 saturated carbocycles. The van der Waals surface area contributed by atoms with E-state index in [1.807, 2.05) is 0 Å². The molecule has 1 aliphatic heterocycles. The van der Waals surface area contributed by atoms with Gasteiger partial charge >= 0.3 is 10.2 Å². The number of hydrogen-bond donors (Lipinski definition) is 2. The number of para-hydroxylation sites is 1. The van der Waals surface area contributed by atoms with E-state index in [4.69, 9.17) is 0 Å². The number of pyridine rings is 1. The van der Waals surface area contributed by atoms with Crippen molar-refractivity contribution in [2.45, 2.75) is 29.9 Å². The molecule has 0 amide bonds. The first-order chi connectivity index (χ1) is 13.4. The molecular weight excluding hydrogens is 411 g/mol. The second-order valence-corrected chi connectivity index (χ2v) is 9.67. The van der Waals surface area contributed by atoms with Crippen LogP contribution in [-0.2, 0) is 0 Å². The van der Waals surface area contributed by atoms with Crippen molar-refractivity contribution in [2.75, 3.05) is 6.54 Å². The molecule has 1 saturated heterocycles. The summed E-state index contributed by atoms with van der Waals surface area (Å²) in [4.78, 5) is 2.39. The van der Waals surface area contributed by atoms with Crippen LogP contribution in [-0.4, -0.2) is 22.7 Å². The largest absolute Gasteiger partial charge is 0.387 e. The van der Waals surface area contributed by atoms with Crippen molar-refractivity contribution in [3.63, 3.8) is 0 Å². The van der Waals surface area contributed by atoms with E-state index in [-0.39, 0.29) is 17.3 Å². The summed E-state index contributed by atoms with van der Waals surface area (Å²) in [5.41, 5.74) is 0.978. The third kappa shape index (κ3) is 4.08. The highest BCUT2D eigenvalue weighted by Crippen LogP contribution is 3.02. The summed E-state index contributed by atoms with van der Waals surface area (Å²) in [5, 5.41) is 14.7. The highest BCUT2D eigenvalue weighted by Gasteiger charge is 2.65. The van der Waals surface area contributed by atoms with Crippen molar-refractivity contribution in [3.8, 4) is 11.3 Å². The van der Waals surface area contributed by atoms with Crippen LogP contribution in [0.1, 0.15) is 24.5 Å². The minimum Gasteiger partial charge on any atom is -0.387 e. The first kappa shape index (κ1) is 20.1. The summed E-state index contributed by atoms with van der Waals surface area (Å²) in [6.45, 7) is 0.767. The van der Waals surface area contributed by atoms with E-state index in [0.717, 1.165) is 25.5 Å². The number of aliphatic hydroxyl groups excluding tert-OH is 1. The highest BCUT2D eigenvalue weighted by molar-refractivity contribution is 8.45. The number of benzene rings is 2. The van der Waals surface area contributed by atoms with Gasteiger partial charge in [0.1, 0.15) is 4.90 Å². The highest BCUT2D eigenvalue weighted by atomic mass is 32.5. The number of hydrogen-bond acceptors (Lipinski definition) is 3. The second-order valence-electron chi connectivity index (χ2n) is 7.26. The summed E-state index contributed by atoms with van der Waals surface area (Å²) >= 11 is 0. The number of aromatic nitrogens is 1. The zero-order chi connectivity index (χ0) is 20.9. The van der Waals surface area contributed by atoms with E-state index >= 15 is 0 Å². The van der Waals surface area contributed by atoms with E-state index < -0.39 is 21.2 Å². The van der Waals surface area contributed by atoms with E-state index in [1.54, 1.807) is 24.3 Å². The molecule has 2 atom stereocenters. The van der Waals surface area contributed by atoms with Crippen LogP contribution in [0.25, 0.3) is 22.2 Å². The summed E-state index contributed by atoms with van der Waals surface area (Å²) in [7, 11) is -9.81. The van der Waals surface area contributed by atoms with Crippen molar-refractivity contribution < 1.29 is 24.5 Å². The van der Waals surface area contributed by atoms with Gasteiger partial charge in [0.15, 0.2) is 0 Å². The van der Waals surface area contributed by atoms with Gasteiger partial charge in [-0.2, -0.15) is 0 Å². The Bertz CT molecular complexity index is 1080. The fraction of sp³-hybridized carbons (Fsp3) is 0.250. The number of aliphatic hydroxyl groups is 1. The maximum Gasteiger partial charge on any atom is 0.310 e. The molecule has 2 heterocycles. The molecule has 3 aromatic rings. The standard InChI is InChI=1S/C20H19F5N2OS/c21-29(22,23,24,25)14-6-3-5-13(11-14)19-12-16(20(28)18-9-4-10-26-18)15-7-1-2-8-17(15)27-19/h1-3,5-8,11-12,18,20,26,28H,4,9-10H2/t18-,20+/m0/s1. The normalized spacial score (nSPS) is 21.0. The van der Waals surface area contributed by atoms with Crippen molar-refractivity contribution in [2.24, 2.45) is 0 Å². The molecule has 0 radical (unpaired) electrons. The van der Waals surface area contributed by atoms with Crippen LogP contribution in [0.4, 0.5) is 19.4 Å². The Kier molecular flexibility index (Phi) is 4.24. The van der Waals surface area contributed by atoms with E-state index in [0.29, 0.717) is 28.6 Å². The van der Waals surface area contributed by atoms with Gasteiger partial charge in [-0.3, -0.25) is 0 Å². The maximum absolute atomic E-state index is 13.2. The Labute approximate surface area is 164 Å².